The van der Waals surface area contributed by atoms with Gasteiger partial charge in [0.15, 0.2) is 0 Å². The lowest BCUT2D eigenvalue weighted by Crippen LogP contribution is -1.93. The zero-order valence-corrected chi connectivity index (χ0v) is 13.3. The number of fused-ring (bicyclic) bond motifs is 1. The highest BCUT2D eigenvalue weighted by Crippen LogP contribution is 2.33. The lowest BCUT2D eigenvalue weighted by atomic mass is 9.99. The van der Waals surface area contributed by atoms with Crippen molar-refractivity contribution in [3.8, 4) is 17.0 Å². The fraction of sp³-hybridized carbons (Fsp3) is 0.333. The summed E-state index contributed by atoms with van der Waals surface area (Å²) in [6.07, 6.45) is 9.23. The van der Waals surface area contributed by atoms with Gasteiger partial charge >= 0.3 is 0 Å². The maximum atomic E-state index is 5.45. The Hall–Kier alpha value is -2.36. The molecule has 4 heteroatoms. The quantitative estimate of drug-likeness (QED) is 0.714. The number of methoxy groups -OCH3 is 1. The second kappa shape index (κ2) is 6.18. The minimum Gasteiger partial charge on any atom is -0.481 e. The lowest BCUT2D eigenvalue weighted by Gasteiger charge is -2.10. The SMILES string of the molecule is CCCCc1ccc2c(-c3cnn(C)c3)cnc(OC)c2c1. The molecule has 0 saturated carbocycles. The molecule has 114 valence electrons. The summed E-state index contributed by atoms with van der Waals surface area (Å²) in [5, 5.41) is 6.48. The summed E-state index contributed by atoms with van der Waals surface area (Å²) in [5.74, 6) is 0.681. The van der Waals surface area contributed by atoms with Crippen molar-refractivity contribution < 1.29 is 4.74 Å². The van der Waals surface area contributed by atoms with Crippen molar-refractivity contribution in [3.05, 3.63) is 42.4 Å². The van der Waals surface area contributed by atoms with E-state index < -0.39 is 0 Å². The maximum absolute atomic E-state index is 5.45. The molecule has 0 fully saturated rings. The topological polar surface area (TPSA) is 39.9 Å². The highest BCUT2D eigenvalue weighted by atomic mass is 16.5. The molecule has 0 spiro atoms. The second-order valence-electron chi connectivity index (χ2n) is 5.57. The van der Waals surface area contributed by atoms with E-state index in [0.29, 0.717) is 5.88 Å². The number of unbranched alkanes of at least 4 members (excludes halogenated alkanes) is 1. The van der Waals surface area contributed by atoms with Crippen molar-refractivity contribution in [2.75, 3.05) is 7.11 Å². The third-order valence-corrected chi connectivity index (χ3v) is 3.94. The first-order chi connectivity index (χ1) is 10.7. The number of benzene rings is 1. The van der Waals surface area contributed by atoms with Gasteiger partial charge in [-0.1, -0.05) is 25.5 Å². The Morgan fingerprint density at radius 2 is 2.05 bits per heavy atom. The summed E-state index contributed by atoms with van der Waals surface area (Å²) >= 11 is 0. The number of aryl methyl sites for hydroxylation is 2. The van der Waals surface area contributed by atoms with Gasteiger partial charge in [-0.3, -0.25) is 4.68 Å². The van der Waals surface area contributed by atoms with E-state index in [1.54, 1.807) is 11.8 Å². The van der Waals surface area contributed by atoms with E-state index >= 15 is 0 Å². The number of nitrogens with zero attached hydrogens (tertiary/aromatic N) is 3. The van der Waals surface area contributed by atoms with Crippen LogP contribution in [0.25, 0.3) is 21.9 Å². The fourth-order valence-electron chi connectivity index (χ4n) is 2.75. The van der Waals surface area contributed by atoms with Gasteiger partial charge in [0.25, 0.3) is 0 Å². The molecule has 0 aliphatic carbocycles. The molecule has 2 aromatic heterocycles. The molecule has 3 rings (SSSR count). The molecule has 0 atom stereocenters. The fourth-order valence-corrected chi connectivity index (χ4v) is 2.75. The lowest BCUT2D eigenvalue weighted by molar-refractivity contribution is 0.403. The Morgan fingerprint density at radius 3 is 2.73 bits per heavy atom. The van der Waals surface area contributed by atoms with Gasteiger partial charge in [0, 0.05) is 36.0 Å². The number of pyridine rings is 1. The van der Waals surface area contributed by atoms with Crippen molar-refractivity contribution in [2.45, 2.75) is 26.2 Å². The monoisotopic (exact) mass is 295 g/mol. The Bertz CT molecular complexity index is 792. The highest BCUT2D eigenvalue weighted by Gasteiger charge is 2.11. The molecule has 2 heterocycles. The number of aromatic nitrogens is 3. The van der Waals surface area contributed by atoms with Gasteiger partial charge in [0.05, 0.1) is 13.3 Å². The first kappa shape index (κ1) is 14.6. The third kappa shape index (κ3) is 2.69. The van der Waals surface area contributed by atoms with Crippen LogP contribution in [0.5, 0.6) is 5.88 Å². The minimum absolute atomic E-state index is 0.681. The molecule has 0 N–H and O–H groups in total. The summed E-state index contributed by atoms with van der Waals surface area (Å²) in [4.78, 5) is 4.47. The van der Waals surface area contributed by atoms with Gasteiger partial charge in [-0.15, -0.1) is 0 Å². The van der Waals surface area contributed by atoms with E-state index in [9.17, 15) is 0 Å². The third-order valence-electron chi connectivity index (χ3n) is 3.94. The van der Waals surface area contributed by atoms with Gasteiger partial charge < -0.3 is 4.74 Å². The largest absolute Gasteiger partial charge is 0.481 e. The molecular weight excluding hydrogens is 274 g/mol. The number of hydrogen-bond acceptors (Lipinski definition) is 3. The van der Waals surface area contributed by atoms with Crippen LogP contribution in [-0.2, 0) is 13.5 Å². The summed E-state index contributed by atoms with van der Waals surface area (Å²) in [6.45, 7) is 2.21. The van der Waals surface area contributed by atoms with Crippen LogP contribution in [0.3, 0.4) is 0 Å². The predicted molar refractivity (Wildman–Crippen MR) is 89.1 cm³/mol. The Balaban J connectivity index is 2.15. The Morgan fingerprint density at radius 1 is 1.18 bits per heavy atom. The summed E-state index contributed by atoms with van der Waals surface area (Å²) < 4.78 is 7.26. The van der Waals surface area contributed by atoms with Crippen LogP contribution in [0, 0.1) is 0 Å². The summed E-state index contributed by atoms with van der Waals surface area (Å²) in [6, 6.07) is 6.58. The molecule has 0 unspecified atom stereocenters. The van der Waals surface area contributed by atoms with Crippen LogP contribution in [0.2, 0.25) is 0 Å². The summed E-state index contributed by atoms with van der Waals surface area (Å²) in [7, 11) is 3.59. The summed E-state index contributed by atoms with van der Waals surface area (Å²) in [5.41, 5.74) is 3.49. The predicted octanol–water partition coefficient (Wildman–Crippen LogP) is 3.99. The van der Waals surface area contributed by atoms with Gasteiger partial charge in [-0.2, -0.15) is 5.10 Å². The minimum atomic E-state index is 0.681. The number of hydrogen-bond donors (Lipinski definition) is 0. The molecule has 22 heavy (non-hydrogen) atoms. The van der Waals surface area contributed by atoms with Crippen LogP contribution in [0.15, 0.2) is 36.8 Å². The second-order valence-corrected chi connectivity index (χ2v) is 5.57. The molecule has 4 nitrogen and oxygen atoms in total. The Labute approximate surface area is 130 Å². The van der Waals surface area contributed by atoms with Gasteiger partial charge in [0.2, 0.25) is 5.88 Å². The van der Waals surface area contributed by atoms with E-state index in [2.05, 4.69) is 35.2 Å². The van der Waals surface area contributed by atoms with Gasteiger partial charge in [0.1, 0.15) is 0 Å². The smallest absolute Gasteiger partial charge is 0.221 e. The van der Waals surface area contributed by atoms with Crippen LogP contribution < -0.4 is 4.74 Å². The van der Waals surface area contributed by atoms with Gasteiger partial charge in [-0.05, 0) is 29.9 Å². The van der Waals surface area contributed by atoms with Crippen molar-refractivity contribution in [3.63, 3.8) is 0 Å². The van der Waals surface area contributed by atoms with Crippen LogP contribution in [-0.4, -0.2) is 21.9 Å². The van der Waals surface area contributed by atoms with E-state index in [0.717, 1.165) is 28.3 Å². The highest BCUT2D eigenvalue weighted by molar-refractivity contribution is 5.98. The van der Waals surface area contributed by atoms with E-state index in [-0.39, 0.29) is 0 Å². The van der Waals surface area contributed by atoms with Gasteiger partial charge in [-0.25, -0.2) is 4.98 Å². The molecule has 3 aromatic rings. The molecule has 0 saturated heterocycles. The molecular formula is C18H21N3O. The van der Waals surface area contributed by atoms with E-state index in [1.807, 2.05) is 25.6 Å². The average molecular weight is 295 g/mol. The maximum Gasteiger partial charge on any atom is 0.221 e. The molecule has 1 aromatic carbocycles. The normalized spacial score (nSPS) is 11.0. The van der Waals surface area contributed by atoms with Crippen LogP contribution in [0.4, 0.5) is 0 Å². The zero-order valence-electron chi connectivity index (χ0n) is 13.3. The van der Waals surface area contributed by atoms with Crippen molar-refractivity contribution in [1.29, 1.82) is 0 Å². The number of ether oxygens (including phenoxy) is 1. The Kier molecular flexibility index (Phi) is 4.09. The average Bonchev–Trinajstić information content (AvgIpc) is 2.97. The van der Waals surface area contributed by atoms with Crippen LogP contribution in [0.1, 0.15) is 25.3 Å². The molecule has 0 aliphatic rings. The first-order valence-electron chi connectivity index (χ1n) is 7.67. The molecule has 0 radical (unpaired) electrons. The molecule has 0 bridgehead atoms. The molecule has 0 amide bonds. The number of rotatable bonds is 5. The van der Waals surface area contributed by atoms with Crippen molar-refractivity contribution >= 4 is 10.8 Å². The standard InChI is InChI=1S/C18H21N3O/c1-4-5-6-13-7-8-15-16(9-13)18(22-3)19-11-17(15)14-10-20-21(2)12-14/h7-12H,4-6H2,1-3H3. The van der Waals surface area contributed by atoms with Crippen molar-refractivity contribution in [2.24, 2.45) is 7.05 Å². The molecule has 0 aliphatic heterocycles. The van der Waals surface area contributed by atoms with Crippen molar-refractivity contribution in [1.82, 2.24) is 14.8 Å². The van der Waals surface area contributed by atoms with E-state index in [4.69, 9.17) is 4.74 Å². The van der Waals surface area contributed by atoms with E-state index in [1.165, 1.54) is 18.4 Å². The zero-order chi connectivity index (χ0) is 15.5. The first-order valence-corrected chi connectivity index (χ1v) is 7.67. The van der Waals surface area contributed by atoms with Crippen LogP contribution >= 0.6 is 0 Å².